The van der Waals surface area contributed by atoms with Crippen LogP contribution in [0.15, 0.2) is 38.4 Å². The van der Waals surface area contributed by atoms with Crippen LogP contribution in [0.2, 0.25) is 5.02 Å². The average molecular weight is 465 g/mol. The van der Waals surface area contributed by atoms with Crippen molar-refractivity contribution in [2.45, 2.75) is 38.5 Å². The Balaban J connectivity index is 1.70. The highest BCUT2D eigenvalue weighted by molar-refractivity contribution is 7.90. The van der Waals surface area contributed by atoms with Gasteiger partial charge in [-0.25, -0.2) is 13.1 Å². The minimum atomic E-state index is -3.85. The molecule has 0 aliphatic carbocycles. The molecule has 1 amide bonds. The first-order valence-electron chi connectivity index (χ1n) is 8.89. The van der Waals surface area contributed by atoms with E-state index in [1.54, 1.807) is 12.3 Å². The second-order valence-electron chi connectivity index (χ2n) is 6.71. The zero-order valence-corrected chi connectivity index (χ0v) is 18.9. The molecule has 30 heavy (non-hydrogen) atoms. The monoisotopic (exact) mass is 464 g/mol. The van der Waals surface area contributed by atoms with Crippen molar-refractivity contribution in [3.63, 3.8) is 0 Å². The van der Waals surface area contributed by atoms with Crippen LogP contribution < -0.4 is 4.72 Å². The summed E-state index contributed by atoms with van der Waals surface area (Å²) in [4.78, 5) is 16.5. The molecule has 3 rings (SSSR count). The van der Waals surface area contributed by atoms with Gasteiger partial charge in [0, 0.05) is 10.2 Å². The van der Waals surface area contributed by atoms with Crippen molar-refractivity contribution >= 4 is 44.8 Å². The SMILES string of the molecule is Cc1cc(CC#[N+]c2onc(C)c2Cl)cc(C)c1CC(=O)NS(=O)(=O)c1ccsc1. The number of nitrogens with one attached hydrogen (secondary N) is 1. The number of carbonyl (C=O) groups excluding carboxylic acids is 1. The third-order valence-corrected chi connectivity index (χ3v) is 7.02. The molecule has 0 radical (unpaired) electrons. The first kappa shape index (κ1) is 22.0. The smallest absolute Gasteiger partial charge is 0.278 e. The van der Waals surface area contributed by atoms with Gasteiger partial charge in [-0.1, -0.05) is 28.9 Å². The molecule has 0 bridgehead atoms. The minimum absolute atomic E-state index is 0.0356. The third kappa shape index (κ3) is 5.08. The van der Waals surface area contributed by atoms with E-state index in [0.29, 0.717) is 17.1 Å². The highest BCUT2D eigenvalue weighted by Crippen LogP contribution is 2.27. The predicted molar refractivity (Wildman–Crippen MR) is 116 cm³/mol. The van der Waals surface area contributed by atoms with Crippen molar-refractivity contribution in [3.05, 3.63) is 66.8 Å². The Hall–Kier alpha value is -2.67. The van der Waals surface area contributed by atoms with E-state index in [0.717, 1.165) is 22.3 Å². The molecule has 10 heteroatoms. The van der Waals surface area contributed by atoms with E-state index in [-0.39, 0.29) is 17.2 Å². The summed E-state index contributed by atoms with van der Waals surface area (Å²) in [6.07, 6.45) is 0.378. The van der Waals surface area contributed by atoms with Crippen LogP contribution in [0.25, 0.3) is 4.85 Å². The van der Waals surface area contributed by atoms with Crippen LogP contribution in [-0.2, 0) is 27.7 Å². The second-order valence-corrected chi connectivity index (χ2v) is 9.55. The van der Waals surface area contributed by atoms with Gasteiger partial charge in [0.15, 0.2) is 5.02 Å². The van der Waals surface area contributed by atoms with Crippen molar-refractivity contribution in [2.75, 3.05) is 0 Å². The Labute approximate surface area is 183 Å². The molecule has 0 saturated carbocycles. The van der Waals surface area contributed by atoms with Crippen LogP contribution in [0, 0.1) is 26.8 Å². The van der Waals surface area contributed by atoms with Gasteiger partial charge in [0.1, 0.15) is 12.1 Å². The molecule has 0 saturated heterocycles. The lowest BCUT2D eigenvalue weighted by molar-refractivity contribution is -0.118. The fourth-order valence-electron chi connectivity index (χ4n) is 2.89. The molecule has 0 unspecified atom stereocenters. The van der Waals surface area contributed by atoms with Gasteiger partial charge in [0.05, 0.1) is 11.3 Å². The first-order chi connectivity index (χ1) is 14.2. The number of hydrogen-bond donors (Lipinski definition) is 1. The number of halogens is 1. The van der Waals surface area contributed by atoms with Gasteiger partial charge in [-0.2, -0.15) is 11.3 Å². The van der Waals surface area contributed by atoms with E-state index in [4.69, 9.17) is 16.1 Å². The Bertz CT molecular complexity index is 1230. The maximum absolute atomic E-state index is 12.3. The molecule has 3 aromatic rings. The largest absolute Gasteiger partial charge is 0.546 e. The minimum Gasteiger partial charge on any atom is -0.278 e. The van der Waals surface area contributed by atoms with E-state index in [1.165, 1.54) is 22.8 Å². The van der Waals surface area contributed by atoms with Gasteiger partial charge >= 0.3 is 5.88 Å². The van der Waals surface area contributed by atoms with Crippen molar-refractivity contribution in [1.82, 2.24) is 9.88 Å². The maximum atomic E-state index is 12.3. The van der Waals surface area contributed by atoms with Gasteiger partial charge < -0.3 is 0 Å². The van der Waals surface area contributed by atoms with E-state index >= 15 is 0 Å². The number of thiophene rings is 1. The zero-order valence-electron chi connectivity index (χ0n) is 16.5. The van der Waals surface area contributed by atoms with Gasteiger partial charge in [-0.3, -0.25) is 9.32 Å². The molecule has 2 heterocycles. The molecule has 0 atom stereocenters. The molecule has 156 valence electrons. The Morgan fingerprint density at radius 2 is 2.00 bits per heavy atom. The summed E-state index contributed by atoms with van der Waals surface area (Å²) in [5.74, 6) is -0.369. The summed E-state index contributed by atoms with van der Waals surface area (Å²) in [5.41, 5.74) is 4.04. The molecule has 7 nitrogen and oxygen atoms in total. The number of rotatable bonds is 5. The second kappa shape index (κ2) is 9.00. The molecule has 0 aliphatic rings. The van der Waals surface area contributed by atoms with E-state index in [9.17, 15) is 13.2 Å². The van der Waals surface area contributed by atoms with E-state index < -0.39 is 15.9 Å². The number of amides is 1. The van der Waals surface area contributed by atoms with Crippen LogP contribution in [0.4, 0.5) is 5.88 Å². The predicted octanol–water partition coefficient (Wildman–Crippen LogP) is 4.57. The van der Waals surface area contributed by atoms with Crippen LogP contribution in [0.3, 0.4) is 0 Å². The molecule has 2 aromatic heterocycles. The van der Waals surface area contributed by atoms with Crippen molar-refractivity contribution in [2.24, 2.45) is 0 Å². The van der Waals surface area contributed by atoms with Gasteiger partial charge in [-0.15, -0.1) is 0 Å². The Morgan fingerprint density at radius 3 is 2.57 bits per heavy atom. The Kier molecular flexibility index (Phi) is 6.61. The average Bonchev–Trinajstić information content (AvgIpc) is 3.31. The van der Waals surface area contributed by atoms with Crippen LogP contribution in [-0.4, -0.2) is 19.5 Å². The number of sulfonamides is 1. The van der Waals surface area contributed by atoms with Crippen molar-refractivity contribution in [1.29, 1.82) is 0 Å². The standard InChI is InChI=1S/C20H18ClN3O4S2/c1-12-8-15(4-6-22-20-19(21)14(3)23-28-20)9-13(2)17(12)10-18(25)24-30(26,27)16-5-7-29-11-16/h5,7-9,11H,4,10H2,1-3H3/p+1. The van der Waals surface area contributed by atoms with Crippen LogP contribution >= 0.6 is 22.9 Å². The van der Waals surface area contributed by atoms with Crippen molar-refractivity contribution in [3.8, 4) is 6.07 Å². The quantitative estimate of drug-likeness (QED) is 0.597. The third-order valence-electron chi connectivity index (χ3n) is 4.38. The van der Waals surface area contributed by atoms with Gasteiger partial charge in [-0.05, 0) is 54.5 Å². The van der Waals surface area contributed by atoms with Crippen molar-refractivity contribution < 1.29 is 17.7 Å². The van der Waals surface area contributed by atoms with E-state index in [1.807, 2.05) is 26.0 Å². The number of carbonyl (C=O) groups is 1. The lowest BCUT2D eigenvalue weighted by Gasteiger charge is -2.12. The van der Waals surface area contributed by atoms with Gasteiger partial charge in [0.25, 0.3) is 16.1 Å². The summed E-state index contributed by atoms with van der Waals surface area (Å²) < 4.78 is 31.6. The number of benzene rings is 1. The lowest BCUT2D eigenvalue weighted by Crippen LogP contribution is -2.31. The van der Waals surface area contributed by atoms with Crippen LogP contribution in [0.1, 0.15) is 27.9 Å². The summed E-state index contributed by atoms with van der Waals surface area (Å²) in [6, 6.07) is 8.17. The number of aromatic nitrogens is 1. The topological polar surface area (TPSA) is 93.6 Å². The summed E-state index contributed by atoms with van der Waals surface area (Å²) in [7, 11) is -3.85. The molecule has 0 spiro atoms. The number of nitrogens with zero attached hydrogens (tertiary/aromatic N) is 2. The summed E-state index contributed by atoms with van der Waals surface area (Å²) in [5, 5.41) is 7.21. The fourth-order valence-corrected chi connectivity index (χ4v) is 5.02. The number of aryl methyl sites for hydroxylation is 3. The molecule has 1 N–H and O–H groups in total. The molecular formula is C20H19ClN3O4S2+. The Morgan fingerprint density at radius 1 is 1.30 bits per heavy atom. The normalized spacial score (nSPS) is 11.1. The molecule has 1 aromatic carbocycles. The molecular weight excluding hydrogens is 446 g/mol. The number of hydrogen-bond acceptors (Lipinski definition) is 6. The van der Waals surface area contributed by atoms with Gasteiger partial charge in [0.2, 0.25) is 5.91 Å². The lowest BCUT2D eigenvalue weighted by atomic mass is 9.96. The highest BCUT2D eigenvalue weighted by Gasteiger charge is 2.20. The summed E-state index contributed by atoms with van der Waals surface area (Å²) >= 11 is 7.27. The molecule has 0 fully saturated rings. The van der Waals surface area contributed by atoms with Crippen LogP contribution in [0.5, 0.6) is 0 Å². The molecule has 0 aliphatic heterocycles. The highest BCUT2D eigenvalue weighted by atomic mass is 35.5. The first-order valence-corrected chi connectivity index (χ1v) is 11.7. The zero-order chi connectivity index (χ0) is 21.9. The maximum Gasteiger partial charge on any atom is 0.546 e. The fraction of sp³-hybridized carbons (Fsp3) is 0.250. The summed E-state index contributed by atoms with van der Waals surface area (Å²) in [6.45, 7) is 5.47. The van der Waals surface area contributed by atoms with E-state index in [2.05, 4.69) is 20.8 Å².